The predicted octanol–water partition coefficient (Wildman–Crippen LogP) is -3.37. The van der Waals surface area contributed by atoms with Crippen molar-refractivity contribution in [2.45, 2.75) is 0 Å². The monoisotopic (exact) mass is 489 g/mol. The van der Waals surface area contributed by atoms with Gasteiger partial charge in [-0.3, -0.25) is 0 Å². The van der Waals surface area contributed by atoms with Crippen LogP contribution in [0.15, 0.2) is 0 Å². The molecule has 0 bridgehead atoms. The van der Waals surface area contributed by atoms with Crippen molar-refractivity contribution in [3.05, 3.63) is 0 Å². The average molecular weight is 489 g/mol. The van der Waals surface area contributed by atoms with Crippen LogP contribution in [0, 0.1) is 0 Å². The summed E-state index contributed by atoms with van der Waals surface area (Å²) in [6.45, 7) is 0. The zero-order valence-corrected chi connectivity index (χ0v) is 11.8. The van der Waals surface area contributed by atoms with Crippen molar-refractivity contribution < 1.29 is 126 Å². The van der Waals surface area contributed by atoms with Crippen LogP contribution < -0.4 is 0 Å². The fraction of sp³-hybridized carbons (Fsp3) is 0. The molecule has 0 aliphatic rings. The van der Waals surface area contributed by atoms with Crippen LogP contribution in [0.1, 0.15) is 0 Å². The van der Waals surface area contributed by atoms with E-state index in [1.807, 2.05) is 0 Å². The zero-order chi connectivity index (χ0) is 10.8. The molecule has 0 spiro atoms. The molecule has 0 amide bonds. The molecule has 0 aromatic heterocycles. The molecule has 15 heteroatoms. The van der Waals surface area contributed by atoms with Crippen molar-refractivity contribution in [3.8, 4) is 0 Å². The first kappa shape index (κ1) is 43.1. The van der Waals surface area contributed by atoms with Gasteiger partial charge in [-0.25, -0.2) is 0 Å². The molecule has 0 aliphatic heterocycles. The SMILES string of the molecule is [LiH].[Mn+2].[Ni+2].[O]=[Co-][OH].[O]=[Co-][OH].[O]=[Co-][OH].[O]=[Co-][OH]. The van der Waals surface area contributed by atoms with Gasteiger partial charge in [-0.15, -0.1) is 0 Å². The molecule has 0 saturated carbocycles. The number of rotatable bonds is 0. The molecule has 0 unspecified atom stereocenters. The molecule has 0 fully saturated rings. The van der Waals surface area contributed by atoms with Gasteiger partial charge in [0, 0.05) is 0 Å². The fourth-order valence-corrected chi connectivity index (χ4v) is 0. The van der Waals surface area contributed by atoms with Crippen LogP contribution >= 0.6 is 0 Å². The molecule has 107 valence electrons. The first-order valence-corrected chi connectivity index (χ1v) is 4.70. The van der Waals surface area contributed by atoms with Gasteiger partial charge in [-0.2, -0.15) is 0 Å². The second-order valence-corrected chi connectivity index (χ2v) is 1.00. The van der Waals surface area contributed by atoms with Crippen LogP contribution in [0.25, 0.3) is 0 Å². The number of hydrogen-bond acceptors (Lipinski definition) is 4. The van der Waals surface area contributed by atoms with E-state index in [0.717, 1.165) is 0 Å². The summed E-state index contributed by atoms with van der Waals surface area (Å²) in [6.07, 6.45) is 0. The van der Waals surface area contributed by atoms with Crippen LogP contribution in [0.5, 0.6) is 0 Å². The summed E-state index contributed by atoms with van der Waals surface area (Å²) < 4.78 is 61.8. The van der Waals surface area contributed by atoms with Crippen LogP contribution in [0.4, 0.5) is 0 Å². The van der Waals surface area contributed by atoms with Gasteiger partial charge in [0.2, 0.25) is 0 Å². The van der Waals surface area contributed by atoms with Gasteiger partial charge in [0.25, 0.3) is 0 Å². The standard InChI is InChI=1S/4Co.Li.Mn.Ni.4H2O.4O.H/h;;;;;;;4*1H2;;;;;/q;;;;;2*+2;;;;;;;;;/p-4. The van der Waals surface area contributed by atoms with E-state index < -0.39 is 59.8 Å². The van der Waals surface area contributed by atoms with Gasteiger partial charge in [-0.1, -0.05) is 0 Å². The minimum atomic E-state index is -0.812. The summed E-state index contributed by atoms with van der Waals surface area (Å²) in [7, 11) is 0. The first-order valence-electron chi connectivity index (χ1n) is 1.14. The average Bonchev–Trinajstić information content (AvgIpc) is 1.92. The van der Waals surface area contributed by atoms with Crippen molar-refractivity contribution in [3.63, 3.8) is 0 Å². The van der Waals surface area contributed by atoms with Crippen molar-refractivity contribution in [2.24, 2.45) is 0 Å². The third-order valence-corrected chi connectivity index (χ3v) is 0. The summed E-state index contributed by atoms with van der Waals surface area (Å²) in [5.74, 6) is 0. The molecule has 1 radical (unpaired) electrons. The maximum atomic E-state index is 8.45. The quantitative estimate of drug-likeness (QED) is 0.258. The molecule has 15 heavy (non-hydrogen) atoms. The molecule has 0 saturated heterocycles. The van der Waals surface area contributed by atoms with Crippen molar-refractivity contribution >= 4 is 18.9 Å². The molecule has 0 heterocycles. The Morgan fingerprint density at radius 3 is 0.600 bits per heavy atom. The van der Waals surface area contributed by atoms with Gasteiger partial charge in [0.15, 0.2) is 0 Å². The summed E-state index contributed by atoms with van der Waals surface area (Å²) in [6, 6.07) is 0. The van der Waals surface area contributed by atoms with Crippen LogP contribution in [0.3, 0.4) is 0 Å². The summed E-state index contributed by atoms with van der Waals surface area (Å²) >= 11 is -3.25. The Bertz CT molecular complexity index is 80.6. The normalized spacial score (nSPS) is 5.60. The molecule has 0 aromatic carbocycles. The Hall–Kier alpha value is 2.68. The van der Waals surface area contributed by atoms with E-state index in [1.165, 1.54) is 0 Å². The molecule has 0 rings (SSSR count). The van der Waals surface area contributed by atoms with E-state index in [1.54, 1.807) is 0 Å². The Kier molecular flexibility index (Phi) is 264. The molecular formula is H5Co4LiMnNiO8. The second kappa shape index (κ2) is 91.9. The van der Waals surface area contributed by atoms with Crippen molar-refractivity contribution in [2.75, 3.05) is 0 Å². The van der Waals surface area contributed by atoms with E-state index in [0.29, 0.717) is 0 Å². The van der Waals surface area contributed by atoms with Gasteiger partial charge in [0.1, 0.15) is 0 Å². The topological polar surface area (TPSA) is 149 Å². The van der Waals surface area contributed by atoms with Gasteiger partial charge >= 0.3 is 145 Å². The van der Waals surface area contributed by atoms with Crippen LogP contribution in [0.2, 0.25) is 0 Å². The van der Waals surface area contributed by atoms with Gasteiger partial charge in [0.05, 0.1) is 0 Å². The Morgan fingerprint density at radius 1 is 0.600 bits per heavy atom. The fourth-order valence-electron chi connectivity index (χ4n) is 0. The van der Waals surface area contributed by atoms with E-state index in [2.05, 4.69) is 0 Å². The molecule has 4 N–H and O–H groups in total. The van der Waals surface area contributed by atoms with E-state index in [-0.39, 0.29) is 52.4 Å². The van der Waals surface area contributed by atoms with E-state index >= 15 is 0 Å². The third-order valence-electron chi connectivity index (χ3n) is 0. The number of hydrogen-bond donors (Lipinski definition) is 4. The summed E-state index contributed by atoms with van der Waals surface area (Å²) in [5.41, 5.74) is 0. The predicted molar refractivity (Wildman–Crippen MR) is 18.8 cm³/mol. The van der Waals surface area contributed by atoms with Crippen molar-refractivity contribution in [1.82, 2.24) is 0 Å². The van der Waals surface area contributed by atoms with Gasteiger partial charge < -0.3 is 0 Å². The van der Waals surface area contributed by atoms with E-state index in [4.69, 9.17) is 32.3 Å². The Labute approximate surface area is 143 Å². The molecule has 8 nitrogen and oxygen atoms in total. The van der Waals surface area contributed by atoms with Gasteiger partial charge in [-0.05, 0) is 0 Å². The Morgan fingerprint density at radius 2 is 0.600 bits per heavy atom. The zero-order valence-electron chi connectivity index (χ0n) is 5.45. The summed E-state index contributed by atoms with van der Waals surface area (Å²) in [5, 5.41) is 0. The Balaban J connectivity index is -0.0000000107. The minimum absolute atomic E-state index is 0. The molecule has 0 atom stereocenters. The second-order valence-electron chi connectivity index (χ2n) is 0.243. The van der Waals surface area contributed by atoms with Crippen LogP contribution in [-0.4, -0.2) is 35.7 Å². The van der Waals surface area contributed by atoms with Crippen LogP contribution in [-0.2, 0) is 109 Å². The molecule has 0 aliphatic carbocycles. The maximum absolute atomic E-state index is 8.45. The third kappa shape index (κ3) is 501. The molecule has 0 aromatic rings. The first-order chi connectivity index (χ1) is 5.66. The van der Waals surface area contributed by atoms with Crippen molar-refractivity contribution in [1.29, 1.82) is 0 Å². The molecular weight excluding hydrogens is 484 g/mol. The van der Waals surface area contributed by atoms with E-state index in [9.17, 15) is 0 Å². The summed E-state index contributed by atoms with van der Waals surface area (Å²) in [4.78, 5) is 0.